The van der Waals surface area contributed by atoms with E-state index in [9.17, 15) is 14.7 Å². The molecule has 2 aromatic rings. The van der Waals surface area contributed by atoms with E-state index in [4.69, 9.17) is 11.6 Å². The summed E-state index contributed by atoms with van der Waals surface area (Å²) in [5, 5.41) is 14.8. The van der Waals surface area contributed by atoms with Crippen LogP contribution >= 0.6 is 22.9 Å². The topological polar surface area (TPSA) is 66.4 Å². The van der Waals surface area contributed by atoms with Gasteiger partial charge in [0.05, 0.1) is 0 Å². The zero-order valence-corrected chi connectivity index (χ0v) is 13.1. The van der Waals surface area contributed by atoms with E-state index in [0.717, 1.165) is 5.56 Å². The third kappa shape index (κ3) is 3.43. The largest absolute Gasteiger partial charge is 0.478 e. The second kappa shape index (κ2) is 6.28. The standard InChI is InChI=1S/C15H14ClNO3S/c1-8(2)13(18)17-14-12(15(19)20)11(7-21-14)9-3-5-10(16)6-4-9/h3-8H,1-2H3,(H,17,18)(H,19,20). The van der Waals surface area contributed by atoms with Crippen molar-refractivity contribution < 1.29 is 14.7 Å². The Morgan fingerprint density at radius 1 is 1.24 bits per heavy atom. The fourth-order valence-corrected chi connectivity index (χ4v) is 2.85. The normalized spacial score (nSPS) is 10.7. The van der Waals surface area contributed by atoms with Crippen LogP contribution in [0.2, 0.25) is 5.02 Å². The molecule has 1 aromatic carbocycles. The molecule has 1 amide bonds. The molecule has 0 unspecified atom stereocenters. The van der Waals surface area contributed by atoms with Crippen LogP contribution in [0.3, 0.4) is 0 Å². The molecule has 6 heteroatoms. The molecule has 0 saturated heterocycles. The van der Waals surface area contributed by atoms with Gasteiger partial charge in [0.15, 0.2) is 0 Å². The molecular formula is C15H14ClNO3S. The maximum atomic E-state index is 11.8. The third-order valence-corrected chi connectivity index (χ3v) is 4.07. The van der Waals surface area contributed by atoms with Crippen molar-refractivity contribution in [3.05, 3.63) is 40.2 Å². The Bertz CT molecular complexity index is 677. The van der Waals surface area contributed by atoms with Crippen molar-refractivity contribution in [2.45, 2.75) is 13.8 Å². The Balaban J connectivity index is 2.44. The van der Waals surface area contributed by atoms with Crippen LogP contribution in [-0.2, 0) is 4.79 Å². The van der Waals surface area contributed by atoms with E-state index in [0.29, 0.717) is 15.6 Å². The van der Waals surface area contributed by atoms with Crippen molar-refractivity contribution in [2.24, 2.45) is 5.92 Å². The third-order valence-electron chi connectivity index (χ3n) is 2.92. The lowest BCUT2D eigenvalue weighted by atomic mass is 10.0. The summed E-state index contributed by atoms with van der Waals surface area (Å²) in [6, 6.07) is 6.91. The van der Waals surface area contributed by atoms with Gasteiger partial charge in [0, 0.05) is 21.9 Å². The van der Waals surface area contributed by atoms with Crippen molar-refractivity contribution >= 4 is 39.8 Å². The molecule has 1 aromatic heterocycles. The Kier molecular flexibility index (Phi) is 4.65. The Morgan fingerprint density at radius 3 is 2.38 bits per heavy atom. The maximum absolute atomic E-state index is 11.8. The van der Waals surface area contributed by atoms with Crippen molar-refractivity contribution in [1.82, 2.24) is 0 Å². The number of hydrogen-bond acceptors (Lipinski definition) is 3. The van der Waals surface area contributed by atoms with Gasteiger partial charge in [-0.05, 0) is 17.7 Å². The Hall–Kier alpha value is -1.85. The number of thiophene rings is 1. The minimum Gasteiger partial charge on any atom is -0.478 e. The Labute approximate surface area is 131 Å². The molecule has 0 saturated carbocycles. The van der Waals surface area contributed by atoms with Gasteiger partial charge in [0.1, 0.15) is 10.6 Å². The van der Waals surface area contributed by atoms with Crippen LogP contribution < -0.4 is 5.32 Å². The van der Waals surface area contributed by atoms with Crippen LogP contribution in [0.1, 0.15) is 24.2 Å². The number of nitrogens with one attached hydrogen (secondary N) is 1. The van der Waals surface area contributed by atoms with Gasteiger partial charge < -0.3 is 10.4 Å². The number of amides is 1. The number of carbonyl (C=O) groups is 2. The second-order valence-electron chi connectivity index (χ2n) is 4.81. The van der Waals surface area contributed by atoms with Crippen LogP contribution in [0, 0.1) is 5.92 Å². The molecule has 21 heavy (non-hydrogen) atoms. The molecule has 0 radical (unpaired) electrons. The van der Waals surface area contributed by atoms with E-state index in [-0.39, 0.29) is 17.4 Å². The number of carboxylic acids is 1. The first-order chi connectivity index (χ1) is 9.90. The van der Waals surface area contributed by atoms with Gasteiger partial charge in [-0.3, -0.25) is 4.79 Å². The van der Waals surface area contributed by atoms with Gasteiger partial charge >= 0.3 is 5.97 Å². The predicted molar refractivity (Wildman–Crippen MR) is 85.2 cm³/mol. The van der Waals surface area contributed by atoms with E-state index < -0.39 is 5.97 Å². The molecule has 0 spiro atoms. The SMILES string of the molecule is CC(C)C(=O)Nc1scc(-c2ccc(Cl)cc2)c1C(=O)O. The molecule has 4 nitrogen and oxygen atoms in total. The average molecular weight is 324 g/mol. The summed E-state index contributed by atoms with van der Waals surface area (Å²) in [6.07, 6.45) is 0. The number of anilines is 1. The number of rotatable bonds is 4. The van der Waals surface area contributed by atoms with E-state index in [2.05, 4.69) is 5.32 Å². The highest BCUT2D eigenvalue weighted by molar-refractivity contribution is 7.15. The highest BCUT2D eigenvalue weighted by atomic mass is 35.5. The molecule has 110 valence electrons. The molecule has 0 atom stereocenters. The monoisotopic (exact) mass is 323 g/mol. The Morgan fingerprint density at radius 2 is 1.86 bits per heavy atom. The number of benzene rings is 1. The van der Waals surface area contributed by atoms with Gasteiger partial charge in [0.2, 0.25) is 5.91 Å². The first-order valence-electron chi connectivity index (χ1n) is 6.31. The van der Waals surface area contributed by atoms with Crippen LogP contribution in [0.25, 0.3) is 11.1 Å². The molecule has 2 rings (SSSR count). The van der Waals surface area contributed by atoms with Gasteiger partial charge in [-0.25, -0.2) is 4.79 Å². The summed E-state index contributed by atoms with van der Waals surface area (Å²) in [5.41, 5.74) is 1.43. The summed E-state index contributed by atoms with van der Waals surface area (Å²) in [4.78, 5) is 23.3. The molecule has 0 aliphatic rings. The lowest BCUT2D eigenvalue weighted by molar-refractivity contribution is -0.118. The number of carbonyl (C=O) groups excluding carboxylic acids is 1. The van der Waals surface area contributed by atoms with Crippen molar-refractivity contribution in [1.29, 1.82) is 0 Å². The van der Waals surface area contributed by atoms with E-state index in [1.54, 1.807) is 43.5 Å². The lowest BCUT2D eigenvalue weighted by Gasteiger charge is -2.07. The van der Waals surface area contributed by atoms with E-state index >= 15 is 0 Å². The summed E-state index contributed by atoms with van der Waals surface area (Å²) >= 11 is 7.04. The predicted octanol–water partition coefficient (Wildman–Crippen LogP) is 4.36. The van der Waals surface area contributed by atoms with Crippen LogP contribution in [0.4, 0.5) is 5.00 Å². The fraction of sp³-hybridized carbons (Fsp3) is 0.200. The average Bonchev–Trinajstić information content (AvgIpc) is 2.83. The highest BCUT2D eigenvalue weighted by Gasteiger charge is 2.21. The second-order valence-corrected chi connectivity index (χ2v) is 6.13. The highest BCUT2D eigenvalue weighted by Crippen LogP contribution is 2.36. The minimum absolute atomic E-state index is 0.108. The summed E-state index contributed by atoms with van der Waals surface area (Å²) < 4.78 is 0. The van der Waals surface area contributed by atoms with Crippen LogP contribution in [-0.4, -0.2) is 17.0 Å². The minimum atomic E-state index is -1.07. The molecule has 2 N–H and O–H groups in total. The molecule has 1 heterocycles. The summed E-state index contributed by atoms with van der Waals surface area (Å²) in [6.45, 7) is 3.51. The zero-order valence-electron chi connectivity index (χ0n) is 11.5. The van der Waals surface area contributed by atoms with E-state index in [1.165, 1.54) is 11.3 Å². The number of aromatic carboxylic acids is 1. The van der Waals surface area contributed by atoms with Gasteiger partial charge in [0.25, 0.3) is 0 Å². The number of carboxylic acid groups (broad SMARTS) is 1. The van der Waals surface area contributed by atoms with Gasteiger partial charge in [-0.2, -0.15) is 0 Å². The van der Waals surface area contributed by atoms with Crippen LogP contribution in [0.15, 0.2) is 29.6 Å². The first kappa shape index (κ1) is 15.5. The molecule has 0 fully saturated rings. The fourth-order valence-electron chi connectivity index (χ4n) is 1.76. The zero-order chi connectivity index (χ0) is 15.6. The first-order valence-corrected chi connectivity index (χ1v) is 7.57. The lowest BCUT2D eigenvalue weighted by Crippen LogP contribution is -2.18. The smallest absolute Gasteiger partial charge is 0.339 e. The van der Waals surface area contributed by atoms with Crippen LogP contribution in [0.5, 0.6) is 0 Å². The maximum Gasteiger partial charge on any atom is 0.339 e. The van der Waals surface area contributed by atoms with Crippen molar-refractivity contribution in [3.63, 3.8) is 0 Å². The summed E-state index contributed by atoms with van der Waals surface area (Å²) in [7, 11) is 0. The molecular weight excluding hydrogens is 310 g/mol. The van der Waals surface area contributed by atoms with Gasteiger partial charge in [-0.1, -0.05) is 37.6 Å². The summed E-state index contributed by atoms with van der Waals surface area (Å²) in [5.74, 6) is -1.49. The number of halogens is 1. The molecule has 0 aliphatic carbocycles. The van der Waals surface area contributed by atoms with Crippen molar-refractivity contribution in [3.8, 4) is 11.1 Å². The molecule has 0 bridgehead atoms. The quantitative estimate of drug-likeness (QED) is 0.878. The van der Waals surface area contributed by atoms with E-state index in [1.807, 2.05) is 0 Å². The number of hydrogen-bond donors (Lipinski definition) is 2. The van der Waals surface area contributed by atoms with Crippen molar-refractivity contribution in [2.75, 3.05) is 5.32 Å². The molecule has 0 aliphatic heterocycles. The van der Waals surface area contributed by atoms with Gasteiger partial charge in [-0.15, -0.1) is 11.3 Å².